The summed E-state index contributed by atoms with van der Waals surface area (Å²) in [5.74, 6) is -0.308. The quantitative estimate of drug-likeness (QED) is 0.891. The second-order valence-corrected chi connectivity index (χ2v) is 3.99. The Bertz CT molecular complexity index is 563. The molecule has 0 fully saturated rings. The SMILES string of the molecule is Cc1ccc(NC(=O)c2ccoc2Cl)c(C)n1. The normalized spacial score (nSPS) is 10.3. The Labute approximate surface area is 104 Å². The number of nitrogens with zero attached hydrogens (tertiary/aromatic N) is 1. The van der Waals surface area contributed by atoms with E-state index in [1.807, 2.05) is 26.0 Å². The summed E-state index contributed by atoms with van der Waals surface area (Å²) in [4.78, 5) is 16.1. The summed E-state index contributed by atoms with van der Waals surface area (Å²) in [7, 11) is 0. The van der Waals surface area contributed by atoms with E-state index in [9.17, 15) is 4.79 Å². The molecule has 0 aliphatic heterocycles. The summed E-state index contributed by atoms with van der Waals surface area (Å²) < 4.78 is 4.86. The van der Waals surface area contributed by atoms with E-state index in [2.05, 4.69) is 10.3 Å². The first kappa shape index (κ1) is 11.7. The third-order valence-corrected chi connectivity index (χ3v) is 2.63. The number of aryl methyl sites for hydroxylation is 2. The maximum absolute atomic E-state index is 11.8. The number of pyridine rings is 1. The van der Waals surface area contributed by atoms with Gasteiger partial charge >= 0.3 is 0 Å². The van der Waals surface area contributed by atoms with Crippen molar-refractivity contribution in [3.8, 4) is 0 Å². The first-order chi connectivity index (χ1) is 8.08. The van der Waals surface area contributed by atoms with Crippen LogP contribution in [0, 0.1) is 13.8 Å². The molecule has 2 aromatic heterocycles. The van der Waals surface area contributed by atoms with Gasteiger partial charge in [-0.1, -0.05) is 0 Å². The van der Waals surface area contributed by atoms with Crippen molar-refractivity contribution >= 4 is 23.2 Å². The molecule has 0 saturated heterocycles. The first-order valence-electron chi connectivity index (χ1n) is 5.06. The van der Waals surface area contributed by atoms with Crippen LogP contribution in [0.1, 0.15) is 21.7 Å². The lowest BCUT2D eigenvalue weighted by Crippen LogP contribution is -2.12. The summed E-state index contributed by atoms with van der Waals surface area (Å²) in [6.45, 7) is 3.73. The van der Waals surface area contributed by atoms with Gasteiger partial charge in [-0.15, -0.1) is 0 Å². The van der Waals surface area contributed by atoms with Gasteiger partial charge in [0.2, 0.25) is 5.22 Å². The first-order valence-corrected chi connectivity index (χ1v) is 5.44. The third-order valence-electron chi connectivity index (χ3n) is 2.34. The van der Waals surface area contributed by atoms with Crippen LogP contribution in [0.15, 0.2) is 28.9 Å². The maximum atomic E-state index is 11.8. The van der Waals surface area contributed by atoms with E-state index < -0.39 is 0 Å². The molecule has 0 saturated carbocycles. The zero-order chi connectivity index (χ0) is 12.4. The summed E-state index contributed by atoms with van der Waals surface area (Å²) in [5.41, 5.74) is 2.64. The predicted octanol–water partition coefficient (Wildman–Crippen LogP) is 3.20. The lowest BCUT2D eigenvalue weighted by molar-refractivity contribution is 0.102. The van der Waals surface area contributed by atoms with Gasteiger partial charge in [0.25, 0.3) is 5.91 Å². The van der Waals surface area contributed by atoms with Crippen LogP contribution in [-0.2, 0) is 0 Å². The van der Waals surface area contributed by atoms with Gasteiger partial charge in [-0.3, -0.25) is 9.78 Å². The third kappa shape index (κ3) is 2.47. The number of hydrogen-bond acceptors (Lipinski definition) is 3. The summed E-state index contributed by atoms with van der Waals surface area (Å²) in [6, 6.07) is 5.16. The molecule has 2 heterocycles. The van der Waals surface area contributed by atoms with Crippen LogP contribution in [0.4, 0.5) is 5.69 Å². The molecule has 0 atom stereocenters. The molecule has 0 aliphatic carbocycles. The van der Waals surface area contributed by atoms with E-state index in [4.69, 9.17) is 16.0 Å². The van der Waals surface area contributed by atoms with E-state index in [1.54, 1.807) is 0 Å². The summed E-state index contributed by atoms with van der Waals surface area (Å²) in [5, 5.41) is 2.82. The molecule has 0 unspecified atom stereocenters. The minimum absolute atomic E-state index is 0.0835. The second-order valence-electron chi connectivity index (χ2n) is 3.65. The van der Waals surface area contributed by atoms with E-state index in [0.717, 1.165) is 11.4 Å². The Morgan fingerprint density at radius 1 is 1.35 bits per heavy atom. The van der Waals surface area contributed by atoms with E-state index >= 15 is 0 Å². The average molecular weight is 251 g/mol. The van der Waals surface area contributed by atoms with Gasteiger partial charge in [-0.2, -0.15) is 0 Å². The number of hydrogen-bond donors (Lipinski definition) is 1. The number of aromatic nitrogens is 1. The van der Waals surface area contributed by atoms with E-state index in [-0.39, 0.29) is 11.1 Å². The lowest BCUT2D eigenvalue weighted by atomic mass is 10.2. The summed E-state index contributed by atoms with van der Waals surface area (Å²) >= 11 is 5.72. The Hall–Kier alpha value is -1.81. The molecule has 1 N–H and O–H groups in total. The minimum atomic E-state index is -0.308. The van der Waals surface area contributed by atoms with E-state index in [0.29, 0.717) is 11.3 Å². The van der Waals surface area contributed by atoms with Crippen molar-refractivity contribution < 1.29 is 9.21 Å². The maximum Gasteiger partial charge on any atom is 0.260 e. The summed E-state index contributed by atoms with van der Waals surface area (Å²) in [6.07, 6.45) is 1.37. The van der Waals surface area contributed by atoms with Crippen molar-refractivity contribution in [2.45, 2.75) is 13.8 Å². The molecule has 17 heavy (non-hydrogen) atoms. The predicted molar refractivity (Wildman–Crippen MR) is 65.4 cm³/mol. The zero-order valence-corrected chi connectivity index (χ0v) is 10.2. The van der Waals surface area contributed by atoms with Crippen LogP contribution in [0.2, 0.25) is 5.22 Å². The van der Waals surface area contributed by atoms with Crippen molar-refractivity contribution in [1.82, 2.24) is 4.98 Å². The molecule has 4 nitrogen and oxygen atoms in total. The fraction of sp³-hybridized carbons (Fsp3) is 0.167. The highest BCUT2D eigenvalue weighted by Gasteiger charge is 2.14. The van der Waals surface area contributed by atoms with Gasteiger partial charge in [-0.05, 0) is 43.6 Å². The highest BCUT2D eigenvalue weighted by molar-refractivity contribution is 6.32. The molecule has 1 amide bonds. The molecule has 0 bridgehead atoms. The topological polar surface area (TPSA) is 55.1 Å². The Morgan fingerprint density at radius 2 is 2.12 bits per heavy atom. The number of halogens is 1. The van der Waals surface area contributed by atoms with Crippen LogP contribution in [0.5, 0.6) is 0 Å². The number of carbonyl (C=O) groups excluding carboxylic acids is 1. The largest absolute Gasteiger partial charge is 0.452 e. The highest BCUT2D eigenvalue weighted by Crippen LogP contribution is 2.19. The molecule has 0 radical (unpaired) electrons. The number of nitrogens with one attached hydrogen (secondary N) is 1. The number of amides is 1. The Balaban J connectivity index is 2.22. The average Bonchev–Trinajstić information content (AvgIpc) is 2.68. The molecule has 0 spiro atoms. The Kier molecular flexibility index (Phi) is 3.15. The van der Waals surface area contributed by atoms with Gasteiger partial charge in [0.15, 0.2) is 0 Å². The number of anilines is 1. The molecule has 0 aromatic carbocycles. The lowest BCUT2D eigenvalue weighted by Gasteiger charge is -2.07. The van der Waals surface area contributed by atoms with Gasteiger partial charge < -0.3 is 9.73 Å². The van der Waals surface area contributed by atoms with Gasteiger partial charge in [0, 0.05) is 5.69 Å². The van der Waals surface area contributed by atoms with Crippen molar-refractivity contribution in [2.24, 2.45) is 0 Å². The molecule has 5 heteroatoms. The second kappa shape index (κ2) is 4.59. The molecule has 88 valence electrons. The number of carbonyl (C=O) groups is 1. The smallest absolute Gasteiger partial charge is 0.260 e. The van der Waals surface area contributed by atoms with Crippen LogP contribution in [0.3, 0.4) is 0 Å². The minimum Gasteiger partial charge on any atom is -0.452 e. The molecular formula is C12H11ClN2O2. The number of furan rings is 1. The molecule has 2 rings (SSSR count). The highest BCUT2D eigenvalue weighted by atomic mass is 35.5. The van der Waals surface area contributed by atoms with Crippen LogP contribution >= 0.6 is 11.6 Å². The van der Waals surface area contributed by atoms with Crippen molar-refractivity contribution in [3.05, 3.63) is 46.6 Å². The van der Waals surface area contributed by atoms with Crippen molar-refractivity contribution in [2.75, 3.05) is 5.32 Å². The van der Waals surface area contributed by atoms with Crippen LogP contribution < -0.4 is 5.32 Å². The molecule has 0 aliphatic rings. The van der Waals surface area contributed by atoms with Gasteiger partial charge in [0.1, 0.15) is 0 Å². The van der Waals surface area contributed by atoms with E-state index in [1.165, 1.54) is 12.3 Å². The monoisotopic (exact) mass is 250 g/mol. The van der Waals surface area contributed by atoms with Gasteiger partial charge in [-0.25, -0.2) is 0 Å². The molecular weight excluding hydrogens is 240 g/mol. The standard InChI is InChI=1S/C12H11ClN2O2/c1-7-3-4-10(8(2)14-7)15-12(16)9-5-6-17-11(9)13/h3-6H,1-2H3,(H,15,16). The van der Waals surface area contributed by atoms with Crippen LogP contribution in [0.25, 0.3) is 0 Å². The number of rotatable bonds is 2. The fourth-order valence-corrected chi connectivity index (χ4v) is 1.66. The molecule has 2 aromatic rings. The fourth-order valence-electron chi connectivity index (χ4n) is 1.46. The van der Waals surface area contributed by atoms with Crippen molar-refractivity contribution in [3.63, 3.8) is 0 Å². The zero-order valence-electron chi connectivity index (χ0n) is 9.45. The van der Waals surface area contributed by atoms with Gasteiger partial charge in [0.05, 0.1) is 23.2 Å². The van der Waals surface area contributed by atoms with Crippen LogP contribution in [-0.4, -0.2) is 10.9 Å². The van der Waals surface area contributed by atoms with Crippen molar-refractivity contribution in [1.29, 1.82) is 0 Å². The Morgan fingerprint density at radius 3 is 2.71 bits per heavy atom.